The second kappa shape index (κ2) is 6.20. The number of hydrogen-bond acceptors (Lipinski definition) is 5. The molecule has 1 saturated heterocycles. The number of methoxy groups -OCH3 is 1. The molecule has 19 heavy (non-hydrogen) atoms. The molecule has 0 radical (unpaired) electrons. The fourth-order valence-corrected chi connectivity index (χ4v) is 3.57. The maximum absolute atomic E-state index is 5.29. The van der Waals surface area contributed by atoms with Crippen molar-refractivity contribution < 1.29 is 4.74 Å². The summed E-state index contributed by atoms with van der Waals surface area (Å²) in [6.45, 7) is 3.91. The number of nitrogens with zero attached hydrogens (tertiary/aromatic N) is 2. The molecule has 0 atom stereocenters. The van der Waals surface area contributed by atoms with E-state index >= 15 is 0 Å². The van der Waals surface area contributed by atoms with E-state index in [-0.39, 0.29) is 0 Å². The molecule has 3 rings (SSSR count). The van der Waals surface area contributed by atoms with Crippen LogP contribution in [0.25, 0.3) is 0 Å². The van der Waals surface area contributed by atoms with Gasteiger partial charge in [-0.05, 0) is 32.1 Å². The topological polar surface area (TPSA) is 37.4 Å². The van der Waals surface area contributed by atoms with Gasteiger partial charge in [0, 0.05) is 37.7 Å². The number of aromatic nitrogens is 1. The molecule has 5 heteroatoms. The van der Waals surface area contributed by atoms with Crippen LogP contribution in [0.15, 0.2) is 0 Å². The second-order valence-corrected chi connectivity index (χ2v) is 6.56. The van der Waals surface area contributed by atoms with E-state index < -0.39 is 0 Å². The number of rotatable bonds is 6. The Bertz CT molecular complexity index is 411. The molecule has 0 spiro atoms. The summed E-state index contributed by atoms with van der Waals surface area (Å²) in [5, 5.41) is 4.78. The number of hydrogen-bond donors (Lipinski definition) is 1. The van der Waals surface area contributed by atoms with Gasteiger partial charge < -0.3 is 15.0 Å². The van der Waals surface area contributed by atoms with Crippen molar-refractivity contribution in [3.63, 3.8) is 0 Å². The molecule has 2 heterocycles. The van der Waals surface area contributed by atoms with Gasteiger partial charge in [-0.3, -0.25) is 0 Å². The molecule has 1 aliphatic heterocycles. The average Bonchev–Trinajstić information content (AvgIpc) is 3.19. The van der Waals surface area contributed by atoms with Crippen molar-refractivity contribution in [2.75, 3.05) is 25.1 Å². The highest BCUT2D eigenvalue weighted by molar-refractivity contribution is 7.15. The number of piperidine rings is 1. The van der Waals surface area contributed by atoms with Crippen LogP contribution in [0.5, 0.6) is 0 Å². The molecule has 106 valence electrons. The largest absolute Gasteiger partial charge is 0.378 e. The summed E-state index contributed by atoms with van der Waals surface area (Å²) in [4.78, 5) is 8.60. The Balaban J connectivity index is 1.70. The van der Waals surface area contributed by atoms with Crippen molar-refractivity contribution >= 4 is 16.5 Å². The maximum atomic E-state index is 5.29. The molecule has 1 N–H and O–H groups in total. The highest BCUT2D eigenvalue weighted by Gasteiger charge is 2.22. The summed E-state index contributed by atoms with van der Waals surface area (Å²) in [7, 11) is 1.75. The van der Waals surface area contributed by atoms with Gasteiger partial charge in [-0.15, -0.1) is 11.3 Å². The first-order valence-electron chi connectivity index (χ1n) is 7.32. The van der Waals surface area contributed by atoms with Gasteiger partial charge in [-0.1, -0.05) is 0 Å². The summed E-state index contributed by atoms with van der Waals surface area (Å²) >= 11 is 1.85. The van der Waals surface area contributed by atoms with E-state index in [1.54, 1.807) is 7.11 Å². The maximum Gasteiger partial charge on any atom is 0.185 e. The van der Waals surface area contributed by atoms with Crippen LogP contribution in [0, 0.1) is 0 Å². The fraction of sp³-hybridized carbons (Fsp3) is 0.786. The van der Waals surface area contributed by atoms with E-state index in [9.17, 15) is 0 Å². The Morgan fingerprint density at radius 3 is 2.79 bits per heavy atom. The highest BCUT2D eigenvalue weighted by Crippen LogP contribution is 2.30. The smallest absolute Gasteiger partial charge is 0.185 e. The zero-order valence-electron chi connectivity index (χ0n) is 11.7. The molecule has 0 unspecified atom stereocenters. The number of anilines is 1. The van der Waals surface area contributed by atoms with Crippen LogP contribution >= 0.6 is 11.3 Å². The van der Waals surface area contributed by atoms with Crippen LogP contribution in [0.4, 0.5) is 5.13 Å². The lowest BCUT2D eigenvalue weighted by Gasteiger charge is -2.25. The summed E-state index contributed by atoms with van der Waals surface area (Å²) in [6.07, 6.45) is 6.63. The fourth-order valence-electron chi connectivity index (χ4n) is 2.50. The van der Waals surface area contributed by atoms with Crippen LogP contribution in [-0.4, -0.2) is 31.2 Å². The zero-order valence-corrected chi connectivity index (χ0v) is 12.5. The van der Waals surface area contributed by atoms with Crippen molar-refractivity contribution in [3.05, 3.63) is 10.6 Å². The van der Waals surface area contributed by atoms with Crippen LogP contribution in [0.1, 0.15) is 42.7 Å². The van der Waals surface area contributed by atoms with Crippen molar-refractivity contribution in [3.8, 4) is 0 Å². The third-order valence-corrected chi connectivity index (χ3v) is 4.96. The van der Waals surface area contributed by atoms with Gasteiger partial charge in [0.25, 0.3) is 0 Å². The van der Waals surface area contributed by atoms with Gasteiger partial charge >= 0.3 is 0 Å². The van der Waals surface area contributed by atoms with E-state index in [1.807, 2.05) is 11.3 Å². The van der Waals surface area contributed by atoms with Crippen LogP contribution in [-0.2, 0) is 17.9 Å². The number of ether oxygens (including phenoxy) is 1. The first-order valence-corrected chi connectivity index (χ1v) is 8.14. The first kappa shape index (κ1) is 13.3. The molecular weight excluding hydrogens is 258 g/mol. The molecule has 1 aromatic rings. The molecular formula is C14H23N3OS. The summed E-state index contributed by atoms with van der Waals surface area (Å²) in [5.74, 6) is 0. The van der Waals surface area contributed by atoms with Crippen LogP contribution in [0.2, 0.25) is 0 Å². The molecule has 1 aliphatic carbocycles. The van der Waals surface area contributed by atoms with E-state index in [0.29, 0.717) is 6.61 Å². The third-order valence-electron chi connectivity index (χ3n) is 3.80. The van der Waals surface area contributed by atoms with E-state index in [1.165, 1.54) is 42.1 Å². The van der Waals surface area contributed by atoms with Gasteiger partial charge in [0.05, 0.1) is 12.3 Å². The molecule has 0 aromatic carbocycles. The van der Waals surface area contributed by atoms with Crippen LogP contribution < -0.4 is 10.2 Å². The van der Waals surface area contributed by atoms with E-state index in [4.69, 9.17) is 9.72 Å². The predicted octanol–water partition coefficient (Wildman–Crippen LogP) is 2.53. The van der Waals surface area contributed by atoms with E-state index in [2.05, 4.69) is 10.2 Å². The minimum absolute atomic E-state index is 0.631. The lowest BCUT2D eigenvalue weighted by Crippen LogP contribution is -2.29. The van der Waals surface area contributed by atoms with Gasteiger partial charge in [0.1, 0.15) is 0 Å². The molecule has 2 aliphatic rings. The lowest BCUT2D eigenvalue weighted by molar-refractivity contribution is 0.181. The summed E-state index contributed by atoms with van der Waals surface area (Å²) in [6, 6.07) is 0.746. The Morgan fingerprint density at radius 2 is 2.11 bits per heavy atom. The van der Waals surface area contributed by atoms with E-state index in [0.717, 1.165) is 31.4 Å². The lowest BCUT2D eigenvalue weighted by atomic mass is 10.1. The molecule has 0 bridgehead atoms. The Kier molecular flexibility index (Phi) is 4.35. The highest BCUT2D eigenvalue weighted by atomic mass is 32.1. The quantitative estimate of drug-likeness (QED) is 0.869. The summed E-state index contributed by atoms with van der Waals surface area (Å²) in [5.41, 5.74) is 1.13. The van der Waals surface area contributed by atoms with Crippen LogP contribution in [0.3, 0.4) is 0 Å². The monoisotopic (exact) mass is 281 g/mol. The van der Waals surface area contributed by atoms with Gasteiger partial charge in [-0.25, -0.2) is 4.98 Å². The summed E-state index contributed by atoms with van der Waals surface area (Å²) < 4.78 is 5.29. The molecule has 1 saturated carbocycles. The predicted molar refractivity (Wildman–Crippen MR) is 78.8 cm³/mol. The van der Waals surface area contributed by atoms with Crippen molar-refractivity contribution in [1.29, 1.82) is 0 Å². The molecule has 0 amide bonds. The average molecular weight is 281 g/mol. The van der Waals surface area contributed by atoms with Crippen molar-refractivity contribution in [2.24, 2.45) is 0 Å². The normalized spacial score (nSPS) is 19.9. The minimum Gasteiger partial charge on any atom is -0.378 e. The Labute approximate surface area is 119 Å². The second-order valence-electron chi connectivity index (χ2n) is 5.50. The third kappa shape index (κ3) is 3.46. The molecule has 2 fully saturated rings. The van der Waals surface area contributed by atoms with Gasteiger partial charge in [0.2, 0.25) is 0 Å². The molecule has 1 aromatic heterocycles. The first-order chi connectivity index (χ1) is 9.36. The standard InChI is InChI=1S/C14H23N3OS/c1-18-10-12-13(9-15-11-5-6-11)19-14(16-12)17-7-3-2-4-8-17/h11,15H,2-10H2,1H3. The minimum atomic E-state index is 0.631. The zero-order chi connectivity index (χ0) is 13.1. The van der Waals surface area contributed by atoms with Crippen molar-refractivity contribution in [2.45, 2.75) is 51.3 Å². The van der Waals surface area contributed by atoms with Gasteiger partial charge in [0.15, 0.2) is 5.13 Å². The number of nitrogens with one attached hydrogen (secondary N) is 1. The van der Waals surface area contributed by atoms with Crippen molar-refractivity contribution in [1.82, 2.24) is 10.3 Å². The van der Waals surface area contributed by atoms with Gasteiger partial charge in [-0.2, -0.15) is 0 Å². The Hall–Kier alpha value is -0.650. The number of thiazole rings is 1. The Morgan fingerprint density at radius 1 is 1.32 bits per heavy atom. The SMILES string of the molecule is COCc1nc(N2CCCCC2)sc1CNC1CC1. The molecule has 4 nitrogen and oxygen atoms in total.